The van der Waals surface area contributed by atoms with E-state index in [0.29, 0.717) is 0 Å². The van der Waals surface area contributed by atoms with Gasteiger partial charge in [-0.05, 0) is 51.6 Å². The molecule has 0 bridgehead atoms. The normalized spacial score (nSPS) is 10.3. The summed E-state index contributed by atoms with van der Waals surface area (Å²) in [5.41, 5.74) is 0. The summed E-state index contributed by atoms with van der Waals surface area (Å²) < 4.78 is 11.7. The van der Waals surface area contributed by atoms with E-state index in [1.165, 1.54) is 14.3 Å². The summed E-state index contributed by atoms with van der Waals surface area (Å²) in [6, 6.07) is 10.2. The second-order valence-corrected chi connectivity index (χ2v) is 4.33. The van der Waals surface area contributed by atoms with E-state index in [1.807, 2.05) is 18.2 Å². The zero-order valence-corrected chi connectivity index (χ0v) is 10.7. The SMILES string of the molecule is COc1cc2cccc(I)c2cc1OC. The van der Waals surface area contributed by atoms with Crippen molar-refractivity contribution in [2.75, 3.05) is 14.2 Å². The van der Waals surface area contributed by atoms with Gasteiger partial charge in [-0.2, -0.15) is 0 Å². The van der Waals surface area contributed by atoms with Crippen molar-refractivity contribution in [1.29, 1.82) is 0 Å². The number of hydrogen-bond donors (Lipinski definition) is 0. The van der Waals surface area contributed by atoms with Gasteiger partial charge in [0, 0.05) is 3.57 Å². The van der Waals surface area contributed by atoms with Crippen LogP contribution in [0.4, 0.5) is 0 Å². The first-order valence-corrected chi connectivity index (χ1v) is 5.64. The Kier molecular flexibility index (Phi) is 3.00. The van der Waals surface area contributed by atoms with Gasteiger partial charge in [-0.3, -0.25) is 0 Å². The quantitative estimate of drug-likeness (QED) is 0.791. The summed E-state index contributed by atoms with van der Waals surface area (Å²) in [7, 11) is 3.30. The predicted molar refractivity (Wildman–Crippen MR) is 69.8 cm³/mol. The van der Waals surface area contributed by atoms with Crippen molar-refractivity contribution in [3.63, 3.8) is 0 Å². The first-order valence-electron chi connectivity index (χ1n) is 4.56. The van der Waals surface area contributed by atoms with Crippen LogP contribution in [-0.4, -0.2) is 14.2 Å². The second-order valence-electron chi connectivity index (χ2n) is 3.17. The molecular formula is C12H11IO2. The summed E-state index contributed by atoms with van der Waals surface area (Å²) in [5, 5.41) is 2.36. The highest BCUT2D eigenvalue weighted by Gasteiger charge is 2.06. The number of hydrogen-bond acceptors (Lipinski definition) is 2. The minimum Gasteiger partial charge on any atom is -0.493 e. The van der Waals surface area contributed by atoms with Crippen LogP contribution in [0.15, 0.2) is 30.3 Å². The van der Waals surface area contributed by atoms with Gasteiger partial charge < -0.3 is 9.47 Å². The summed E-state index contributed by atoms with van der Waals surface area (Å²) >= 11 is 2.32. The van der Waals surface area contributed by atoms with E-state index >= 15 is 0 Å². The van der Waals surface area contributed by atoms with Crippen molar-refractivity contribution in [2.45, 2.75) is 0 Å². The highest BCUT2D eigenvalue weighted by Crippen LogP contribution is 2.33. The van der Waals surface area contributed by atoms with Crippen LogP contribution in [0.3, 0.4) is 0 Å². The van der Waals surface area contributed by atoms with Crippen LogP contribution < -0.4 is 9.47 Å². The molecule has 15 heavy (non-hydrogen) atoms. The molecule has 0 fully saturated rings. The molecule has 0 N–H and O–H groups in total. The zero-order chi connectivity index (χ0) is 10.8. The molecule has 2 nitrogen and oxygen atoms in total. The molecule has 3 heteroatoms. The smallest absolute Gasteiger partial charge is 0.161 e. The highest BCUT2D eigenvalue weighted by molar-refractivity contribution is 14.1. The van der Waals surface area contributed by atoms with Crippen LogP contribution in [-0.2, 0) is 0 Å². The van der Waals surface area contributed by atoms with Crippen LogP contribution in [0.25, 0.3) is 10.8 Å². The zero-order valence-electron chi connectivity index (χ0n) is 8.58. The molecule has 2 rings (SSSR count). The maximum Gasteiger partial charge on any atom is 0.161 e. The molecule has 0 aromatic heterocycles. The topological polar surface area (TPSA) is 18.5 Å². The average molecular weight is 314 g/mol. The molecule has 0 unspecified atom stereocenters. The fourth-order valence-electron chi connectivity index (χ4n) is 1.57. The minimum absolute atomic E-state index is 0.770. The Morgan fingerprint density at radius 3 is 2.33 bits per heavy atom. The lowest BCUT2D eigenvalue weighted by molar-refractivity contribution is 0.356. The first kappa shape index (κ1) is 10.5. The molecule has 0 radical (unpaired) electrons. The van der Waals surface area contributed by atoms with E-state index in [4.69, 9.17) is 9.47 Å². The summed E-state index contributed by atoms with van der Waals surface area (Å²) in [6.45, 7) is 0. The average Bonchev–Trinajstić information content (AvgIpc) is 2.28. The van der Waals surface area contributed by atoms with Crippen molar-refractivity contribution < 1.29 is 9.47 Å². The van der Waals surface area contributed by atoms with Gasteiger partial charge in [0.15, 0.2) is 11.5 Å². The van der Waals surface area contributed by atoms with Crippen molar-refractivity contribution in [3.8, 4) is 11.5 Å². The largest absolute Gasteiger partial charge is 0.493 e. The summed E-state index contributed by atoms with van der Waals surface area (Å²) in [6.07, 6.45) is 0. The molecule has 0 aliphatic heterocycles. The molecule has 0 heterocycles. The van der Waals surface area contributed by atoms with Crippen molar-refractivity contribution in [1.82, 2.24) is 0 Å². The van der Waals surface area contributed by atoms with E-state index in [2.05, 4.69) is 34.7 Å². The number of halogens is 1. The fraction of sp³-hybridized carbons (Fsp3) is 0.167. The number of ether oxygens (including phenoxy) is 2. The number of benzene rings is 2. The van der Waals surface area contributed by atoms with Gasteiger partial charge in [-0.15, -0.1) is 0 Å². The van der Waals surface area contributed by atoms with Gasteiger partial charge in [0.25, 0.3) is 0 Å². The maximum atomic E-state index is 5.27. The van der Waals surface area contributed by atoms with Crippen LogP contribution in [0, 0.1) is 3.57 Å². The summed E-state index contributed by atoms with van der Waals surface area (Å²) in [4.78, 5) is 0. The van der Waals surface area contributed by atoms with Crippen LogP contribution in [0.1, 0.15) is 0 Å². The van der Waals surface area contributed by atoms with Gasteiger partial charge >= 0.3 is 0 Å². The van der Waals surface area contributed by atoms with Gasteiger partial charge in [0.1, 0.15) is 0 Å². The molecule has 0 atom stereocenters. The van der Waals surface area contributed by atoms with E-state index < -0.39 is 0 Å². The van der Waals surface area contributed by atoms with Crippen molar-refractivity contribution in [2.24, 2.45) is 0 Å². The highest BCUT2D eigenvalue weighted by atomic mass is 127. The van der Waals surface area contributed by atoms with E-state index in [-0.39, 0.29) is 0 Å². The monoisotopic (exact) mass is 314 g/mol. The first-order chi connectivity index (χ1) is 7.26. The molecule has 78 valence electrons. The van der Waals surface area contributed by atoms with Gasteiger partial charge in [0.05, 0.1) is 14.2 Å². The van der Waals surface area contributed by atoms with Crippen LogP contribution >= 0.6 is 22.6 Å². The molecule has 0 aliphatic rings. The third-order valence-electron chi connectivity index (χ3n) is 2.33. The molecule has 2 aromatic carbocycles. The lowest BCUT2D eigenvalue weighted by Gasteiger charge is -2.09. The third-order valence-corrected chi connectivity index (χ3v) is 3.27. The van der Waals surface area contributed by atoms with Crippen molar-refractivity contribution >= 4 is 33.4 Å². The Balaban J connectivity index is 2.75. The fourth-order valence-corrected chi connectivity index (χ4v) is 2.24. The number of rotatable bonds is 2. The number of methoxy groups -OCH3 is 2. The van der Waals surface area contributed by atoms with Crippen LogP contribution in [0.2, 0.25) is 0 Å². The Labute approximate surface area is 102 Å². The van der Waals surface area contributed by atoms with Gasteiger partial charge in [-0.25, -0.2) is 0 Å². The lowest BCUT2D eigenvalue weighted by Crippen LogP contribution is -1.91. The van der Waals surface area contributed by atoms with Gasteiger partial charge in [-0.1, -0.05) is 12.1 Å². The third kappa shape index (κ3) is 1.88. The molecule has 0 amide bonds. The standard InChI is InChI=1S/C12H11IO2/c1-14-11-6-8-4-3-5-10(13)9(8)7-12(11)15-2/h3-7H,1-2H3. The Morgan fingerprint density at radius 1 is 1.00 bits per heavy atom. The van der Waals surface area contributed by atoms with Gasteiger partial charge in [0.2, 0.25) is 0 Å². The van der Waals surface area contributed by atoms with E-state index in [0.717, 1.165) is 11.5 Å². The van der Waals surface area contributed by atoms with Crippen LogP contribution in [0.5, 0.6) is 11.5 Å². The molecular weight excluding hydrogens is 303 g/mol. The van der Waals surface area contributed by atoms with E-state index in [9.17, 15) is 0 Å². The van der Waals surface area contributed by atoms with Crippen molar-refractivity contribution in [3.05, 3.63) is 33.9 Å². The Hall–Kier alpha value is -0.970. The molecule has 2 aromatic rings. The molecule has 0 saturated carbocycles. The second kappa shape index (κ2) is 4.26. The lowest BCUT2D eigenvalue weighted by atomic mass is 10.1. The Morgan fingerprint density at radius 2 is 1.67 bits per heavy atom. The predicted octanol–water partition coefficient (Wildman–Crippen LogP) is 3.46. The molecule has 0 spiro atoms. The maximum absolute atomic E-state index is 5.27. The number of fused-ring (bicyclic) bond motifs is 1. The molecule has 0 aliphatic carbocycles. The molecule has 0 saturated heterocycles. The Bertz CT molecular complexity index is 494. The minimum atomic E-state index is 0.770. The van der Waals surface area contributed by atoms with E-state index in [1.54, 1.807) is 14.2 Å². The summed E-state index contributed by atoms with van der Waals surface area (Å²) in [5.74, 6) is 1.54.